The van der Waals surface area contributed by atoms with Crippen molar-refractivity contribution in [2.45, 2.75) is 24.3 Å². The van der Waals surface area contributed by atoms with Crippen LogP contribution < -0.4 is 14.8 Å². The molecule has 7 nitrogen and oxygen atoms in total. The smallest absolute Gasteiger partial charge is 0.228 e. The van der Waals surface area contributed by atoms with E-state index in [2.05, 4.69) is 20.3 Å². The molecule has 2 aromatic carbocycles. The summed E-state index contributed by atoms with van der Waals surface area (Å²) in [6, 6.07) is 9.02. The largest absolute Gasteiger partial charge is 0.435 e. The van der Waals surface area contributed by atoms with E-state index >= 15 is 4.39 Å². The van der Waals surface area contributed by atoms with Crippen LogP contribution in [-0.4, -0.2) is 38.4 Å². The predicted molar refractivity (Wildman–Crippen MR) is 144 cm³/mol. The summed E-state index contributed by atoms with van der Waals surface area (Å²) in [5.74, 6) is -6.84. The average Bonchev–Trinajstić information content (AvgIpc) is 2.96. The number of aromatic nitrogens is 3. The fraction of sp³-hybridized carbons (Fsp3) is 0.222. The van der Waals surface area contributed by atoms with Gasteiger partial charge in [0.15, 0.2) is 17.4 Å². The van der Waals surface area contributed by atoms with Gasteiger partial charge in [-0.3, -0.25) is 4.72 Å². The molecule has 1 saturated heterocycles. The van der Waals surface area contributed by atoms with E-state index in [9.17, 15) is 21.8 Å². The number of halogens is 6. The van der Waals surface area contributed by atoms with Crippen molar-refractivity contribution in [3.63, 3.8) is 0 Å². The number of rotatable bonds is 8. The maximum Gasteiger partial charge on any atom is 0.228 e. The normalized spacial score (nSPS) is 17.7. The minimum atomic E-state index is -2.27. The van der Waals surface area contributed by atoms with Crippen LogP contribution in [0.3, 0.4) is 0 Å². The molecule has 41 heavy (non-hydrogen) atoms. The Hall–Kier alpha value is -3.68. The minimum absolute atomic E-state index is 0.0278. The van der Waals surface area contributed by atoms with Crippen LogP contribution in [0.15, 0.2) is 54.9 Å². The number of hydrogen-bond acceptors (Lipinski definition) is 6. The Labute approximate surface area is 238 Å². The molecule has 214 valence electrons. The Morgan fingerprint density at radius 1 is 1.02 bits per heavy atom. The van der Waals surface area contributed by atoms with E-state index in [1.165, 1.54) is 30.6 Å². The quantitative estimate of drug-likeness (QED) is 0.182. The number of alkyl halides is 1. The number of anilines is 1. The second kappa shape index (κ2) is 12.5. The van der Waals surface area contributed by atoms with Gasteiger partial charge >= 0.3 is 0 Å². The summed E-state index contributed by atoms with van der Waals surface area (Å²) in [4.78, 5) is 12.8. The van der Waals surface area contributed by atoms with Crippen molar-refractivity contribution in [3.05, 3.63) is 94.5 Å². The van der Waals surface area contributed by atoms with Gasteiger partial charge in [-0.1, -0.05) is 17.7 Å². The van der Waals surface area contributed by atoms with Crippen LogP contribution >= 0.6 is 11.6 Å². The molecule has 4 aromatic rings. The molecule has 14 heteroatoms. The molecule has 0 amide bonds. The molecule has 3 unspecified atom stereocenters. The third-order valence-corrected chi connectivity index (χ3v) is 7.60. The third-order valence-electron chi connectivity index (χ3n) is 6.27. The van der Waals surface area contributed by atoms with Crippen molar-refractivity contribution < 1.29 is 30.9 Å². The lowest BCUT2D eigenvalue weighted by atomic mass is 9.97. The highest BCUT2D eigenvalue weighted by molar-refractivity contribution is 7.85. The molecule has 2 aromatic heterocycles. The lowest BCUT2D eigenvalue weighted by Crippen LogP contribution is -2.36. The van der Waals surface area contributed by atoms with E-state index in [1.807, 2.05) is 4.72 Å². The topological polar surface area (TPSA) is 89.0 Å². The summed E-state index contributed by atoms with van der Waals surface area (Å²) in [6.45, 7) is 0.738. The van der Waals surface area contributed by atoms with Gasteiger partial charge in [0.1, 0.15) is 34.5 Å². The van der Waals surface area contributed by atoms with E-state index in [0.29, 0.717) is 24.1 Å². The van der Waals surface area contributed by atoms with Crippen molar-refractivity contribution in [1.29, 1.82) is 0 Å². The maximum atomic E-state index is 15.0. The van der Waals surface area contributed by atoms with E-state index in [-0.39, 0.29) is 40.9 Å². The lowest BCUT2D eigenvalue weighted by Gasteiger charge is -2.24. The van der Waals surface area contributed by atoms with Crippen molar-refractivity contribution >= 4 is 28.3 Å². The Morgan fingerprint density at radius 2 is 1.85 bits per heavy atom. The van der Waals surface area contributed by atoms with Gasteiger partial charge in [0, 0.05) is 48.1 Å². The first-order chi connectivity index (χ1) is 19.7. The number of piperidine rings is 1. The molecular weight excluding hydrogens is 589 g/mol. The van der Waals surface area contributed by atoms with Crippen molar-refractivity contribution in [3.8, 4) is 22.9 Å². The zero-order valence-electron chi connectivity index (χ0n) is 21.0. The predicted octanol–water partition coefficient (Wildman–Crippen LogP) is 6.23. The first-order valence-corrected chi connectivity index (χ1v) is 14.0. The number of hydrogen-bond donors (Lipinski definition) is 2. The van der Waals surface area contributed by atoms with Gasteiger partial charge in [-0.2, -0.15) is 4.39 Å². The second-order valence-electron chi connectivity index (χ2n) is 9.10. The first kappa shape index (κ1) is 28.8. The minimum Gasteiger partial charge on any atom is -0.435 e. The molecule has 3 atom stereocenters. The Kier molecular flexibility index (Phi) is 8.76. The summed E-state index contributed by atoms with van der Waals surface area (Å²) in [6.07, 6.45) is 2.01. The number of nitrogens with one attached hydrogen (secondary N) is 2. The highest BCUT2D eigenvalue weighted by Gasteiger charge is 2.26. The fourth-order valence-corrected chi connectivity index (χ4v) is 5.62. The number of nitrogens with zero attached hydrogens (tertiary/aromatic N) is 3. The van der Waals surface area contributed by atoms with E-state index in [1.54, 1.807) is 12.1 Å². The first-order valence-electron chi connectivity index (χ1n) is 12.3. The molecule has 2 N–H and O–H groups in total. The second-order valence-corrected chi connectivity index (χ2v) is 10.7. The van der Waals surface area contributed by atoms with Crippen LogP contribution in [0.25, 0.3) is 11.3 Å². The standard InChI is InChI=1S/C27H21ClF5N5O2S/c28-18-4-1-5-19(30)17(18)13-41(39)38-25-20(31)10-22(23(32)24(25)33)40-27-16(3-2-7-36-27)21-6-8-35-26(37-21)14-9-15(29)12-34-11-14/h1-8,10,14-15,34,38H,9,11-13H2. The number of pyridine rings is 1. The summed E-state index contributed by atoms with van der Waals surface area (Å²) in [5, 5.41) is 2.96. The van der Waals surface area contributed by atoms with Crippen LogP contribution in [0, 0.1) is 23.3 Å². The van der Waals surface area contributed by atoms with Crippen LogP contribution in [0.1, 0.15) is 23.7 Å². The fourth-order valence-electron chi connectivity index (χ4n) is 4.27. The highest BCUT2D eigenvalue weighted by Crippen LogP contribution is 2.36. The van der Waals surface area contributed by atoms with Gasteiger partial charge in [0.2, 0.25) is 11.7 Å². The molecule has 0 saturated carbocycles. The Morgan fingerprint density at radius 3 is 2.63 bits per heavy atom. The molecule has 0 aliphatic carbocycles. The molecule has 0 bridgehead atoms. The molecule has 3 heterocycles. The summed E-state index contributed by atoms with van der Waals surface area (Å²) >= 11 is 5.91. The zero-order valence-corrected chi connectivity index (χ0v) is 22.6. The van der Waals surface area contributed by atoms with Crippen LogP contribution in [0.5, 0.6) is 11.6 Å². The molecule has 0 radical (unpaired) electrons. The van der Waals surface area contributed by atoms with Crippen LogP contribution in [-0.2, 0) is 16.7 Å². The summed E-state index contributed by atoms with van der Waals surface area (Å²) < 4.78 is 92.8. The maximum absolute atomic E-state index is 15.0. The summed E-state index contributed by atoms with van der Waals surface area (Å²) in [7, 11) is -2.27. The molecular formula is C27H21ClF5N5O2S. The van der Waals surface area contributed by atoms with Gasteiger partial charge in [-0.25, -0.2) is 36.7 Å². The van der Waals surface area contributed by atoms with E-state index < -0.39 is 57.6 Å². The average molecular weight is 610 g/mol. The SMILES string of the molecule is O=S(Cc1c(F)cccc1Cl)Nc1c(F)cc(Oc2ncccc2-c2ccnc(C3CNCC(F)C3)n2)c(F)c1F. The zero-order chi connectivity index (χ0) is 29.1. The van der Waals surface area contributed by atoms with Gasteiger partial charge in [0.25, 0.3) is 0 Å². The van der Waals surface area contributed by atoms with Crippen LogP contribution in [0.2, 0.25) is 5.02 Å². The van der Waals surface area contributed by atoms with Gasteiger partial charge in [0.05, 0.1) is 17.0 Å². The summed E-state index contributed by atoms with van der Waals surface area (Å²) in [5.41, 5.74) is -0.585. The molecule has 5 rings (SSSR count). The molecule has 1 aliphatic rings. The molecule has 0 spiro atoms. The Bertz CT molecular complexity index is 1590. The van der Waals surface area contributed by atoms with E-state index in [0.717, 1.165) is 6.07 Å². The number of benzene rings is 2. The lowest BCUT2D eigenvalue weighted by molar-refractivity contribution is 0.243. The van der Waals surface area contributed by atoms with Crippen molar-refractivity contribution in [2.24, 2.45) is 0 Å². The molecule has 1 fully saturated rings. The van der Waals surface area contributed by atoms with Crippen molar-refractivity contribution in [2.75, 3.05) is 17.8 Å². The monoisotopic (exact) mass is 609 g/mol. The van der Waals surface area contributed by atoms with Crippen molar-refractivity contribution in [1.82, 2.24) is 20.3 Å². The number of ether oxygens (including phenoxy) is 1. The third kappa shape index (κ3) is 6.47. The van der Waals surface area contributed by atoms with Gasteiger partial charge in [-0.15, -0.1) is 0 Å². The molecule has 1 aliphatic heterocycles. The van der Waals surface area contributed by atoms with Crippen LogP contribution in [0.4, 0.5) is 27.6 Å². The van der Waals surface area contributed by atoms with E-state index in [4.69, 9.17) is 16.3 Å². The van der Waals surface area contributed by atoms with Gasteiger partial charge in [-0.05, 0) is 36.8 Å². The Balaban J connectivity index is 1.39. The van der Waals surface area contributed by atoms with Gasteiger partial charge < -0.3 is 10.1 Å². The highest BCUT2D eigenvalue weighted by atomic mass is 35.5.